The molecule has 2 heteroatoms. The highest BCUT2D eigenvalue weighted by Gasteiger charge is 2.09. The van der Waals surface area contributed by atoms with E-state index in [4.69, 9.17) is 5.73 Å². The Labute approximate surface area is 96.2 Å². The smallest absolute Gasteiger partial charge is 0.0429 e. The Morgan fingerprint density at radius 1 is 1.44 bits per heavy atom. The van der Waals surface area contributed by atoms with Crippen molar-refractivity contribution in [2.24, 2.45) is 4.99 Å². The van der Waals surface area contributed by atoms with Crippen molar-refractivity contribution in [3.8, 4) is 0 Å². The molecule has 2 N–H and O–H groups in total. The standard InChI is InChI=1S/C14H16N2/c1-3-11-9-14(15)10(2)8-13(11)12-4-6-16-7-5-12/h3-4,6,8-9H,1,5,7,15H2,2H3. The fourth-order valence-electron chi connectivity index (χ4n) is 1.90. The summed E-state index contributed by atoms with van der Waals surface area (Å²) in [5.74, 6) is 0. The minimum absolute atomic E-state index is 0.823. The van der Waals surface area contributed by atoms with Crippen molar-refractivity contribution in [1.29, 1.82) is 0 Å². The summed E-state index contributed by atoms with van der Waals surface area (Å²) in [7, 11) is 0. The molecule has 1 aliphatic rings. The molecule has 0 saturated heterocycles. The first-order valence-corrected chi connectivity index (χ1v) is 5.44. The molecule has 1 heterocycles. The number of nitrogens with zero attached hydrogens (tertiary/aromatic N) is 1. The number of rotatable bonds is 2. The topological polar surface area (TPSA) is 38.4 Å². The molecule has 1 aliphatic heterocycles. The van der Waals surface area contributed by atoms with E-state index in [2.05, 4.69) is 23.7 Å². The molecule has 0 radical (unpaired) electrons. The lowest BCUT2D eigenvalue weighted by molar-refractivity contribution is 1.02. The van der Waals surface area contributed by atoms with E-state index in [0.29, 0.717) is 0 Å². The van der Waals surface area contributed by atoms with E-state index < -0.39 is 0 Å². The summed E-state index contributed by atoms with van der Waals surface area (Å²) < 4.78 is 0. The summed E-state index contributed by atoms with van der Waals surface area (Å²) in [6.45, 7) is 6.74. The van der Waals surface area contributed by atoms with Crippen molar-refractivity contribution in [1.82, 2.24) is 0 Å². The van der Waals surface area contributed by atoms with Crippen LogP contribution in [0, 0.1) is 6.92 Å². The second-order valence-corrected chi connectivity index (χ2v) is 4.00. The largest absolute Gasteiger partial charge is 0.398 e. The minimum Gasteiger partial charge on any atom is -0.398 e. The third kappa shape index (κ3) is 1.91. The normalized spacial score (nSPS) is 14.7. The van der Waals surface area contributed by atoms with E-state index >= 15 is 0 Å². The van der Waals surface area contributed by atoms with E-state index in [1.807, 2.05) is 25.3 Å². The van der Waals surface area contributed by atoms with Gasteiger partial charge in [0, 0.05) is 18.4 Å². The van der Waals surface area contributed by atoms with Gasteiger partial charge < -0.3 is 5.73 Å². The lowest BCUT2D eigenvalue weighted by Crippen LogP contribution is -1.99. The summed E-state index contributed by atoms with van der Waals surface area (Å²) in [6, 6.07) is 4.13. The molecular weight excluding hydrogens is 196 g/mol. The van der Waals surface area contributed by atoms with Gasteiger partial charge in [-0.1, -0.05) is 12.7 Å². The maximum absolute atomic E-state index is 5.90. The lowest BCUT2D eigenvalue weighted by Gasteiger charge is -2.14. The highest BCUT2D eigenvalue weighted by molar-refractivity contribution is 5.89. The number of benzene rings is 1. The lowest BCUT2D eigenvalue weighted by atomic mass is 9.93. The molecule has 0 amide bonds. The SMILES string of the molecule is C=Cc1cc(N)c(C)cc1C1=CC=NCC1. The summed E-state index contributed by atoms with van der Waals surface area (Å²) in [4.78, 5) is 4.20. The Balaban J connectivity index is 2.54. The van der Waals surface area contributed by atoms with Crippen molar-refractivity contribution < 1.29 is 0 Å². The summed E-state index contributed by atoms with van der Waals surface area (Å²) in [6.07, 6.45) is 6.79. The molecule has 16 heavy (non-hydrogen) atoms. The Bertz CT molecular complexity index is 482. The second-order valence-electron chi connectivity index (χ2n) is 4.00. The van der Waals surface area contributed by atoms with E-state index in [0.717, 1.165) is 29.8 Å². The number of aryl methyl sites for hydroxylation is 1. The Kier molecular flexibility index (Phi) is 2.91. The molecule has 1 aromatic carbocycles. The maximum Gasteiger partial charge on any atom is 0.0429 e. The number of dihydropyridines is 1. The van der Waals surface area contributed by atoms with Gasteiger partial charge in [0.1, 0.15) is 0 Å². The molecule has 0 aromatic heterocycles. The van der Waals surface area contributed by atoms with Crippen molar-refractivity contribution in [2.45, 2.75) is 13.3 Å². The molecule has 0 unspecified atom stereocenters. The third-order valence-corrected chi connectivity index (χ3v) is 2.90. The fraction of sp³-hybridized carbons (Fsp3) is 0.214. The van der Waals surface area contributed by atoms with Crippen LogP contribution >= 0.6 is 0 Å². The second kappa shape index (κ2) is 4.35. The molecule has 2 nitrogen and oxygen atoms in total. The average molecular weight is 212 g/mol. The average Bonchev–Trinajstić information content (AvgIpc) is 2.33. The molecule has 0 spiro atoms. The monoisotopic (exact) mass is 212 g/mol. The number of nitrogen functional groups attached to an aromatic ring is 1. The number of hydrogen-bond acceptors (Lipinski definition) is 2. The van der Waals surface area contributed by atoms with E-state index in [-0.39, 0.29) is 0 Å². The van der Waals surface area contributed by atoms with Crippen molar-refractivity contribution in [2.75, 3.05) is 12.3 Å². The fourth-order valence-corrected chi connectivity index (χ4v) is 1.90. The molecule has 2 rings (SSSR count). The van der Waals surface area contributed by atoms with Gasteiger partial charge in [-0.05, 0) is 53.8 Å². The van der Waals surface area contributed by atoms with Crippen LogP contribution in [0.1, 0.15) is 23.1 Å². The van der Waals surface area contributed by atoms with E-state index in [1.165, 1.54) is 11.1 Å². The van der Waals surface area contributed by atoms with Crippen molar-refractivity contribution in [3.63, 3.8) is 0 Å². The Hall–Kier alpha value is -1.83. The Morgan fingerprint density at radius 3 is 2.88 bits per heavy atom. The van der Waals surface area contributed by atoms with Crippen LogP contribution in [0.25, 0.3) is 11.6 Å². The summed E-state index contributed by atoms with van der Waals surface area (Å²) in [5.41, 5.74) is 11.5. The van der Waals surface area contributed by atoms with Crippen LogP contribution in [0.5, 0.6) is 0 Å². The molecule has 82 valence electrons. The molecule has 0 bridgehead atoms. The van der Waals surface area contributed by atoms with Crippen LogP contribution in [0.4, 0.5) is 5.69 Å². The van der Waals surface area contributed by atoms with Gasteiger partial charge >= 0.3 is 0 Å². The predicted molar refractivity (Wildman–Crippen MR) is 71.6 cm³/mol. The van der Waals surface area contributed by atoms with Gasteiger partial charge in [-0.15, -0.1) is 0 Å². The van der Waals surface area contributed by atoms with Crippen LogP contribution in [0.2, 0.25) is 0 Å². The minimum atomic E-state index is 0.823. The van der Waals surface area contributed by atoms with Gasteiger partial charge in [0.25, 0.3) is 0 Å². The third-order valence-electron chi connectivity index (χ3n) is 2.90. The van der Waals surface area contributed by atoms with E-state index in [1.54, 1.807) is 0 Å². The van der Waals surface area contributed by atoms with Gasteiger partial charge in [0.2, 0.25) is 0 Å². The summed E-state index contributed by atoms with van der Waals surface area (Å²) >= 11 is 0. The molecule has 0 fully saturated rings. The van der Waals surface area contributed by atoms with Crippen molar-refractivity contribution in [3.05, 3.63) is 41.5 Å². The number of aliphatic imine (C=N–C) groups is 1. The quantitative estimate of drug-likeness (QED) is 0.752. The molecular formula is C14H16N2. The first-order chi connectivity index (χ1) is 7.72. The van der Waals surface area contributed by atoms with Gasteiger partial charge in [-0.25, -0.2) is 0 Å². The zero-order valence-corrected chi connectivity index (χ0v) is 9.53. The van der Waals surface area contributed by atoms with Crippen LogP contribution in [0.15, 0.2) is 29.8 Å². The van der Waals surface area contributed by atoms with Crippen LogP contribution in [0.3, 0.4) is 0 Å². The molecule has 0 aliphatic carbocycles. The summed E-state index contributed by atoms with van der Waals surface area (Å²) in [5, 5.41) is 0. The van der Waals surface area contributed by atoms with Gasteiger partial charge in [-0.3, -0.25) is 4.99 Å². The number of anilines is 1. The predicted octanol–water partition coefficient (Wildman–Crippen LogP) is 3.08. The van der Waals surface area contributed by atoms with E-state index in [9.17, 15) is 0 Å². The van der Waals surface area contributed by atoms with Gasteiger partial charge in [0.05, 0.1) is 0 Å². The van der Waals surface area contributed by atoms with Crippen molar-refractivity contribution >= 4 is 23.6 Å². The number of hydrogen-bond donors (Lipinski definition) is 1. The van der Waals surface area contributed by atoms with Gasteiger partial charge in [-0.2, -0.15) is 0 Å². The molecule has 0 atom stereocenters. The first-order valence-electron chi connectivity index (χ1n) is 5.44. The zero-order chi connectivity index (χ0) is 11.5. The van der Waals surface area contributed by atoms with Gasteiger partial charge in [0.15, 0.2) is 0 Å². The zero-order valence-electron chi connectivity index (χ0n) is 9.53. The first kappa shape index (κ1) is 10.7. The maximum atomic E-state index is 5.90. The Morgan fingerprint density at radius 2 is 2.25 bits per heavy atom. The molecule has 1 aromatic rings. The van der Waals surface area contributed by atoms with Crippen LogP contribution < -0.4 is 5.73 Å². The number of nitrogens with two attached hydrogens (primary N) is 1. The van der Waals surface area contributed by atoms with Crippen LogP contribution in [-0.2, 0) is 0 Å². The highest BCUT2D eigenvalue weighted by Crippen LogP contribution is 2.28. The van der Waals surface area contributed by atoms with Crippen LogP contribution in [-0.4, -0.2) is 12.8 Å². The molecule has 0 saturated carbocycles. The highest BCUT2D eigenvalue weighted by atomic mass is 14.7. The number of allylic oxidation sites excluding steroid dienone is 1.